The molecule has 1 aliphatic rings. The van der Waals surface area contributed by atoms with Gasteiger partial charge in [0.2, 0.25) is 5.95 Å². The normalized spacial score (nSPS) is 19.2. The maximum Gasteiger partial charge on any atom is 0.433 e. The van der Waals surface area contributed by atoms with Crippen LogP contribution in [0.3, 0.4) is 0 Å². The van der Waals surface area contributed by atoms with E-state index in [1.807, 2.05) is 7.05 Å². The maximum atomic E-state index is 12.7. The van der Waals surface area contributed by atoms with Crippen molar-refractivity contribution in [2.24, 2.45) is 7.05 Å². The predicted octanol–water partition coefficient (Wildman–Crippen LogP) is 1.31. The lowest BCUT2D eigenvalue weighted by Crippen LogP contribution is -2.27. The highest BCUT2D eigenvalue weighted by Gasteiger charge is 2.33. The highest BCUT2D eigenvalue weighted by atomic mass is 19.4. The average molecular weight is 327 g/mol. The third-order valence-electron chi connectivity index (χ3n) is 3.72. The summed E-state index contributed by atoms with van der Waals surface area (Å²) >= 11 is 0. The number of anilines is 1. The Labute approximate surface area is 130 Å². The van der Waals surface area contributed by atoms with Gasteiger partial charge in [-0.2, -0.15) is 18.3 Å². The number of aromatic nitrogens is 5. The van der Waals surface area contributed by atoms with Gasteiger partial charge in [0.05, 0.1) is 6.54 Å². The van der Waals surface area contributed by atoms with Crippen LogP contribution in [-0.2, 0) is 19.8 Å². The van der Waals surface area contributed by atoms with Crippen molar-refractivity contribution >= 4 is 5.95 Å². The number of aryl methyl sites for hydroxylation is 1. The van der Waals surface area contributed by atoms with E-state index >= 15 is 0 Å². The first-order valence-corrected chi connectivity index (χ1v) is 7.14. The van der Waals surface area contributed by atoms with E-state index in [0.717, 1.165) is 31.1 Å². The van der Waals surface area contributed by atoms with E-state index in [4.69, 9.17) is 0 Å². The number of likely N-dealkylation sites (tertiary alicyclic amines) is 1. The van der Waals surface area contributed by atoms with Crippen LogP contribution in [0.15, 0.2) is 18.6 Å². The van der Waals surface area contributed by atoms with Crippen LogP contribution in [0.25, 0.3) is 0 Å². The molecule has 10 heteroatoms. The van der Waals surface area contributed by atoms with Crippen molar-refractivity contribution in [2.45, 2.75) is 25.2 Å². The molecule has 3 heterocycles. The van der Waals surface area contributed by atoms with Gasteiger partial charge < -0.3 is 5.32 Å². The average Bonchev–Trinajstić information content (AvgIpc) is 3.09. The molecule has 1 N–H and O–H groups in total. The molecule has 0 saturated carbocycles. The Morgan fingerprint density at radius 1 is 1.35 bits per heavy atom. The summed E-state index contributed by atoms with van der Waals surface area (Å²) in [6, 6.07) is 0.868. The van der Waals surface area contributed by atoms with Crippen LogP contribution in [0.1, 0.15) is 17.9 Å². The van der Waals surface area contributed by atoms with Crippen LogP contribution < -0.4 is 5.32 Å². The Morgan fingerprint density at radius 2 is 2.17 bits per heavy atom. The fourth-order valence-corrected chi connectivity index (χ4v) is 2.53. The van der Waals surface area contributed by atoms with E-state index < -0.39 is 11.9 Å². The lowest BCUT2D eigenvalue weighted by Gasteiger charge is -2.16. The summed E-state index contributed by atoms with van der Waals surface area (Å²) < 4.78 is 39.7. The van der Waals surface area contributed by atoms with Crippen LogP contribution in [-0.4, -0.2) is 48.8 Å². The molecule has 124 valence electrons. The first-order valence-electron chi connectivity index (χ1n) is 7.14. The quantitative estimate of drug-likeness (QED) is 0.913. The Hall–Kier alpha value is -2.23. The largest absolute Gasteiger partial charge is 0.433 e. The summed E-state index contributed by atoms with van der Waals surface area (Å²) in [7, 11) is 1.82. The van der Waals surface area contributed by atoms with Gasteiger partial charge in [-0.05, 0) is 12.5 Å². The minimum Gasteiger partial charge on any atom is -0.350 e. The topological polar surface area (TPSA) is 71.8 Å². The minimum absolute atomic E-state index is 0.00494. The number of hydrogen-bond donors (Lipinski definition) is 1. The molecule has 1 saturated heterocycles. The van der Waals surface area contributed by atoms with E-state index in [9.17, 15) is 13.2 Å². The van der Waals surface area contributed by atoms with E-state index in [0.29, 0.717) is 13.1 Å². The summed E-state index contributed by atoms with van der Waals surface area (Å²) in [5.41, 5.74) is -0.941. The molecule has 23 heavy (non-hydrogen) atoms. The van der Waals surface area contributed by atoms with Crippen molar-refractivity contribution < 1.29 is 13.2 Å². The molecular weight excluding hydrogens is 311 g/mol. The maximum absolute atomic E-state index is 12.7. The summed E-state index contributed by atoms with van der Waals surface area (Å²) in [4.78, 5) is 13.7. The monoisotopic (exact) mass is 327 g/mol. The molecule has 1 aliphatic heterocycles. The van der Waals surface area contributed by atoms with Crippen molar-refractivity contribution in [1.29, 1.82) is 0 Å². The molecule has 1 atom stereocenters. The van der Waals surface area contributed by atoms with Gasteiger partial charge in [0.15, 0.2) is 0 Å². The second kappa shape index (κ2) is 6.11. The van der Waals surface area contributed by atoms with E-state index in [1.54, 1.807) is 4.68 Å². The molecule has 0 amide bonds. The van der Waals surface area contributed by atoms with Crippen molar-refractivity contribution in [1.82, 2.24) is 29.6 Å². The highest BCUT2D eigenvalue weighted by molar-refractivity contribution is 5.28. The fourth-order valence-electron chi connectivity index (χ4n) is 2.53. The Balaban J connectivity index is 1.59. The second-order valence-corrected chi connectivity index (χ2v) is 5.43. The predicted molar refractivity (Wildman–Crippen MR) is 75.3 cm³/mol. The number of halogens is 3. The van der Waals surface area contributed by atoms with Crippen LogP contribution >= 0.6 is 0 Å². The SMILES string of the molecule is Cn1ncnc1CN1CCC(Nc2nccc(C(F)(F)F)n2)C1. The summed E-state index contributed by atoms with van der Waals surface area (Å²) in [6.07, 6.45) is -1.05. The number of nitrogens with one attached hydrogen (secondary N) is 1. The molecule has 0 spiro atoms. The smallest absolute Gasteiger partial charge is 0.350 e. The molecule has 0 aromatic carbocycles. The zero-order valence-electron chi connectivity index (χ0n) is 12.5. The van der Waals surface area contributed by atoms with Crippen LogP contribution in [0.5, 0.6) is 0 Å². The van der Waals surface area contributed by atoms with Crippen molar-refractivity contribution in [2.75, 3.05) is 18.4 Å². The number of nitrogens with zero attached hydrogens (tertiary/aromatic N) is 6. The van der Waals surface area contributed by atoms with Gasteiger partial charge in [-0.1, -0.05) is 0 Å². The highest BCUT2D eigenvalue weighted by Crippen LogP contribution is 2.27. The molecule has 3 rings (SSSR count). The summed E-state index contributed by atoms with van der Waals surface area (Å²) in [5.74, 6) is 0.853. The molecule has 1 fully saturated rings. The Bertz CT molecular complexity index is 670. The number of rotatable bonds is 4. The van der Waals surface area contributed by atoms with Gasteiger partial charge in [0.1, 0.15) is 17.8 Å². The molecule has 0 radical (unpaired) electrons. The first-order chi connectivity index (χ1) is 10.9. The molecule has 0 bridgehead atoms. The zero-order valence-corrected chi connectivity index (χ0v) is 12.5. The molecule has 1 unspecified atom stereocenters. The van der Waals surface area contributed by atoms with Gasteiger partial charge in [0.25, 0.3) is 0 Å². The first kappa shape index (κ1) is 15.7. The van der Waals surface area contributed by atoms with Crippen molar-refractivity contribution in [3.8, 4) is 0 Å². The van der Waals surface area contributed by atoms with Gasteiger partial charge in [-0.3, -0.25) is 9.58 Å². The lowest BCUT2D eigenvalue weighted by molar-refractivity contribution is -0.141. The molecular formula is C13H16F3N7. The van der Waals surface area contributed by atoms with Crippen LogP contribution in [0.2, 0.25) is 0 Å². The van der Waals surface area contributed by atoms with Gasteiger partial charge in [0, 0.05) is 32.4 Å². The Morgan fingerprint density at radius 3 is 2.87 bits per heavy atom. The van der Waals surface area contributed by atoms with Crippen molar-refractivity contribution in [3.63, 3.8) is 0 Å². The fraction of sp³-hybridized carbons (Fsp3) is 0.538. The molecule has 2 aromatic rings. The molecule has 0 aliphatic carbocycles. The standard InChI is InChI=1S/C13H16F3N7/c1-22-11(18-8-19-22)7-23-5-3-9(6-23)20-12-17-4-2-10(21-12)13(14,15)16/h2,4,8-9H,3,5-7H2,1H3,(H,17,20,21). The Kier molecular flexibility index (Phi) is 4.16. The third kappa shape index (κ3) is 3.76. The molecule has 2 aromatic heterocycles. The van der Waals surface area contributed by atoms with Crippen molar-refractivity contribution in [3.05, 3.63) is 30.1 Å². The zero-order chi connectivity index (χ0) is 16.4. The van der Waals surface area contributed by atoms with Gasteiger partial charge in [-0.15, -0.1) is 0 Å². The summed E-state index contributed by atoms with van der Waals surface area (Å²) in [5, 5.41) is 6.99. The minimum atomic E-state index is -4.47. The lowest BCUT2D eigenvalue weighted by atomic mass is 10.3. The summed E-state index contributed by atoms with van der Waals surface area (Å²) in [6.45, 7) is 2.16. The van der Waals surface area contributed by atoms with Gasteiger partial charge >= 0.3 is 6.18 Å². The van der Waals surface area contributed by atoms with E-state index in [2.05, 4.69) is 30.3 Å². The molecule has 7 nitrogen and oxygen atoms in total. The second-order valence-electron chi connectivity index (χ2n) is 5.43. The van der Waals surface area contributed by atoms with Crippen LogP contribution in [0.4, 0.5) is 19.1 Å². The number of hydrogen-bond acceptors (Lipinski definition) is 6. The van der Waals surface area contributed by atoms with E-state index in [1.165, 1.54) is 6.33 Å². The van der Waals surface area contributed by atoms with E-state index in [-0.39, 0.29) is 12.0 Å². The van der Waals surface area contributed by atoms with Crippen LogP contribution in [0, 0.1) is 0 Å². The van der Waals surface area contributed by atoms with Gasteiger partial charge in [-0.25, -0.2) is 15.0 Å². The number of alkyl halides is 3. The third-order valence-corrected chi connectivity index (χ3v) is 3.72.